The largest absolute Gasteiger partial charge is 0.307 e. The summed E-state index contributed by atoms with van der Waals surface area (Å²) in [4.78, 5) is 27.1. The molecule has 0 fully saturated rings. The zero-order valence-electron chi connectivity index (χ0n) is 13.3. The quantitative estimate of drug-likeness (QED) is 0.729. The minimum absolute atomic E-state index is 0.0532. The van der Waals surface area contributed by atoms with Crippen LogP contribution in [0, 0.1) is 0 Å². The Morgan fingerprint density at radius 3 is 2.79 bits per heavy atom. The molecular formula is C19H17N3O2. The van der Waals surface area contributed by atoms with Crippen molar-refractivity contribution < 1.29 is 4.79 Å². The fourth-order valence-corrected chi connectivity index (χ4v) is 3.39. The molecule has 1 amide bonds. The Morgan fingerprint density at radius 1 is 1.17 bits per heavy atom. The number of hydrogen-bond donors (Lipinski definition) is 0. The van der Waals surface area contributed by atoms with E-state index < -0.39 is 0 Å². The van der Waals surface area contributed by atoms with Gasteiger partial charge >= 0.3 is 0 Å². The molecule has 0 aliphatic carbocycles. The van der Waals surface area contributed by atoms with E-state index in [1.165, 1.54) is 4.68 Å². The normalized spacial score (nSPS) is 16.4. The van der Waals surface area contributed by atoms with Gasteiger partial charge in [-0.15, -0.1) is 0 Å². The van der Waals surface area contributed by atoms with Crippen LogP contribution in [-0.4, -0.2) is 21.7 Å². The number of carbonyl (C=O) groups is 1. The lowest BCUT2D eigenvalue weighted by molar-refractivity contribution is -0.119. The molecule has 2 heterocycles. The molecule has 0 saturated heterocycles. The van der Waals surface area contributed by atoms with Crippen LogP contribution in [0.15, 0.2) is 59.5 Å². The maximum atomic E-state index is 12.8. The van der Waals surface area contributed by atoms with E-state index in [1.807, 2.05) is 49.4 Å². The Hall–Kier alpha value is -2.95. The Morgan fingerprint density at radius 2 is 1.92 bits per heavy atom. The van der Waals surface area contributed by atoms with Gasteiger partial charge in [-0.2, -0.15) is 5.10 Å². The highest BCUT2D eigenvalue weighted by Gasteiger charge is 2.30. The molecule has 1 aliphatic heterocycles. The second kappa shape index (κ2) is 5.60. The Kier molecular flexibility index (Phi) is 3.41. The van der Waals surface area contributed by atoms with E-state index in [1.54, 1.807) is 17.2 Å². The monoisotopic (exact) mass is 319 g/mol. The van der Waals surface area contributed by atoms with Crippen molar-refractivity contribution in [3.63, 3.8) is 0 Å². The van der Waals surface area contributed by atoms with E-state index in [0.717, 1.165) is 23.1 Å². The number of carbonyl (C=O) groups excluding carboxylic acids is 1. The molecule has 1 aromatic heterocycles. The van der Waals surface area contributed by atoms with Crippen LogP contribution in [0.3, 0.4) is 0 Å². The Labute approximate surface area is 139 Å². The lowest BCUT2D eigenvalue weighted by atomic mass is 10.1. The van der Waals surface area contributed by atoms with Gasteiger partial charge in [0, 0.05) is 17.1 Å². The molecule has 2 aromatic carbocycles. The van der Waals surface area contributed by atoms with E-state index in [-0.39, 0.29) is 24.1 Å². The Bertz CT molecular complexity index is 993. The molecule has 0 radical (unpaired) electrons. The van der Waals surface area contributed by atoms with Gasteiger partial charge in [0.2, 0.25) is 5.91 Å². The molecular weight excluding hydrogens is 302 g/mol. The molecule has 24 heavy (non-hydrogen) atoms. The van der Waals surface area contributed by atoms with Crippen molar-refractivity contribution in [2.45, 2.75) is 25.9 Å². The van der Waals surface area contributed by atoms with Crippen molar-refractivity contribution >= 4 is 22.4 Å². The lowest BCUT2D eigenvalue weighted by Gasteiger charge is -2.22. The molecule has 4 rings (SSSR count). The molecule has 3 aromatic rings. The van der Waals surface area contributed by atoms with Gasteiger partial charge < -0.3 is 4.90 Å². The van der Waals surface area contributed by atoms with E-state index in [2.05, 4.69) is 5.10 Å². The smallest absolute Gasteiger partial charge is 0.275 e. The first-order chi connectivity index (χ1) is 11.6. The highest BCUT2D eigenvalue weighted by Crippen LogP contribution is 2.31. The number of anilines is 1. The van der Waals surface area contributed by atoms with Gasteiger partial charge in [-0.25, -0.2) is 4.68 Å². The first-order valence-corrected chi connectivity index (χ1v) is 8.00. The average Bonchev–Trinajstić information content (AvgIpc) is 2.93. The fraction of sp³-hybridized carbons (Fsp3) is 0.211. The van der Waals surface area contributed by atoms with Crippen molar-refractivity contribution in [1.82, 2.24) is 9.78 Å². The number of amides is 1. The zero-order chi connectivity index (χ0) is 16.7. The number of aromatic nitrogens is 2. The number of nitrogens with zero attached hydrogens (tertiary/aromatic N) is 3. The summed E-state index contributed by atoms with van der Waals surface area (Å²) in [5.41, 5.74) is 1.86. The molecule has 120 valence electrons. The van der Waals surface area contributed by atoms with E-state index >= 15 is 0 Å². The molecule has 1 aliphatic rings. The number of para-hydroxylation sites is 1. The highest BCUT2D eigenvalue weighted by atomic mass is 16.2. The van der Waals surface area contributed by atoms with Crippen LogP contribution in [0.2, 0.25) is 0 Å². The number of fused-ring (bicyclic) bond motifs is 2. The standard InChI is InChI=1S/C19H17N3O2/c1-13-10-14-6-3-5-9-17(14)22(13)18(23)12-21-19(24)16-8-4-2-7-15(16)11-20-21/h2-9,11,13H,10,12H2,1H3/t13-/m0/s1. The van der Waals surface area contributed by atoms with Gasteiger partial charge in [0.1, 0.15) is 6.54 Å². The molecule has 0 unspecified atom stereocenters. The lowest BCUT2D eigenvalue weighted by Crippen LogP contribution is -2.40. The first kappa shape index (κ1) is 14.6. The van der Waals surface area contributed by atoms with Crippen molar-refractivity contribution in [2.24, 2.45) is 0 Å². The summed E-state index contributed by atoms with van der Waals surface area (Å²) in [7, 11) is 0. The molecule has 0 bridgehead atoms. The van der Waals surface area contributed by atoms with Crippen LogP contribution in [-0.2, 0) is 17.8 Å². The van der Waals surface area contributed by atoms with Gasteiger partial charge in [-0.3, -0.25) is 9.59 Å². The first-order valence-electron chi connectivity index (χ1n) is 8.00. The van der Waals surface area contributed by atoms with Gasteiger partial charge in [0.05, 0.1) is 11.6 Å². The molecule has 0 spiro atoms. The van der Waals surface area contributed by atoms with E-state index in [0.29, 0.717) is 5.39 Å². The van der Waals surface area contributed by atoms with Crippen LogP contribution < -0.4 is 10.5 Å². The summed E-state index contributed by atoms with van der Waals surface area (Å²) < 4.78 is 1.25. The number of hydrogen-bond acceptors (Lipinski definition) is 3. The van der Waals surface area contributed by atoms with Crippen molar-refractivity contribution in [1.29, 1.82) is 0 Å². The molecule has 0 saturated carbocycles. The third-order valence-electron chi connectivity index (χ3n) is 4.52. The van der Waals surface area contributed by atoms with Gasteiger partial charge in [0.15, 0.2) is 0 Å². The molecule has 1 atom stereocenters. The summed E-state index contributed by atoms with van der Waals surface area (Å²) in [6.45, 7) is 1.97. The van der Waals surface area contributed by atoms with E-state index in [4.69, 9.17) is 0 Å². The fourth-order valence-electron chi connectivity index (χ4n) is 3.39. The maximum absolute atomic E-state index is 12.8. The summed E-state index contributed by atoms with van der Waals surface area (Å²) in [5, 5.41) is 5.52. The SMILES string of the molecule is C[C@H]1Cc2ccccc2N1C(=O)Cn1ncc2ccccc2c1=O. The predicted molar refractivity (Wildman–Crippen MR) is 93.1 cm³/mol. The van der Waals surface area contributed by atoms with Crippen LogP contribution in [0.25, 0.3) is 10.8 Å². The zero-order valence-corrected chi connectivity index (χ0v) is 13.3. The van der Waals surface area contributed by atoms with E-state index in [9.17, 15) is 9.59 Å². The summed E-state index contributed by atoms with van der Waals surface area (Å²) in [6.07, 6.45) is 2.47. The molecule has 0 N–H and O–H groups in total. The summed E-state index contributed by atoms with van der Waals surface area (Å²) in [5.74, 6) is -0.114. The van der Waals surface area contributed by atoms with Crippen molar-refractivity contribution in [2.75, 3.05) is 4.90 Å². The minimum Gasteiger partial charge on any atom is -0.307 e. The minimum atomic E-state index is -0.235. The third-order valence-corrected chi connectivity index (χ3v) is 4.52. The second-order valence-corrected chi connectivity index (χ2v) is 6.14. The van der Waals surface area contributed by atoms with Gasteiger partial charge in [-0.1, -0.05) is 36.4 Å². The number of rotatable bonds is 2. The molecule has 5 heteroatoms. The van der Waals surface area contributed by atoms with Crippen LogP contribution >= 0.6 is 0 Å². The van der Waals surface area contributed by atoms with Crippen LogP contribution in [0.5, 0.6) is 0 Å². The Balaban J connectivity index is 1.68. The second-order valence-electron chi connectivity index (χ2n) is 6.14. The van der Waals surface area contributed by atoms with Crippen LogP contribution in [0.4, 0.5) is 5.69 Å². The van der Waals surface area contributed by atoms with Crippen molar-refractivity contribution in [3.8, 4) is 0 Å². The summed E-state index contributed by atoms with van der Waals surface area (Å²) in [6, 6.07) is 15.3. The van der Waals surface area contributed by atoms with Crippen LogP contribution in [0.1, 0.15) is 12.5 Å². The predicted octanol–water partition coefficient (Wildman–Crippen LogP) is 2.37. The maximum Gasteiger partial charge on any atom is 0.275 e. The highest BCUT2D eigenvalue weighted by molar-refractivity contribution is 5.96. The number of benzene rings is 2. The van der Waals surface area contributed by atoms with Crippen molar-refractivity contribution in [3.05, 3.63) is 70.6 Å². The van der Waals surface area contributed by atoms with Gasteiger partial charge in [0.25, 0.3) is 5.56 Å². The van der Waals surface area contributed by atoms with Gasteiger partial charge in [-0.05, 0) is 31.0 Å². The summed E-state index contributed by atoms with van der Waals surface area (Å²) >= 11 is 0. The average molecular weight is 319 g/mol. The third kappa shape index (κ3) is 2.29. The molecule has 5 nitrogen and oxygen atoms in total. The topological polar surface area (TPSA) is 55.2 Å².